The van der Waals surface area contributed by atoms with Crippen LogP contribution in [0.15, 0.2) is 30.3 Å². The Hall–Kier alpha value is -0.820. The summed E-state index contributed by atoms with van der Waals surface area (Å²) in [5.74, 6) is 0. The number of hydrogen-bond donors (Lipinski definition) is 0. The average Bonchev–Trinajstić information content (AvgIpc) is 2.02. The fraction of sp³-hybridized carbons (Fsp3) is 0.455. The zero-order valence-electron chi connectivity index (χ0n) is 7.58. The second kappa shape index (κ2) is 2.60. The zero-order chi connectivity index (χ0) is 8.60. The van der Waals surface area contributed by atoms with Crippen LogP contribution in [0.4, 0.5) is 0 Å². The molecule has 1 fully saturated rings. The van der Waals surface area contributed by atoms with Crippen LogP contribution in [-0.2, 0) is 4.74 Å². The Kier molecular flexibility index (Phi) is 1.69. The summed E-state index contributed by atoms with van der Waals surface area (Å²) in [6.07, 6.45) is 1.47. The fourth-order valence-electron chi connectivity index (χ4n) is 1.68. The molecule has 1 atom stereocenters. The van der Waals surface area contributed by atoms with Crippen LogP contribution in [0.25, 0.3) is 0 Å². The van der Waals surface area contributed by atoms with Gasteiger partial charge in [0, 0.05) is 6.42 Å². The maximum atomic E-state index is 5.71. The van der Waals surface area contributed by atoms with Crippen molar-refractivity contribution in [2.75, 3.05) is 0 Å². The molecule has 1 aliphatic rings. The Morgan fingerprint density at radius 3 is 2.33 bits per heavy atom. The molecule has 0 amide bonds. The molecule has 0 saturated carbocycles. The van der Waals surface area contributed by atoms with Crippen molar-refractivity contribution in [1.82, 2.24) is 0 Å². The standard InChI is InChI=1S/C11H14O/c1-11(2)8-10(12-11)9-6-4-3-5-7-9/h3-7,10H,8H2,1-2H3. The molecule has 1 saturated heterocycles. The highest BCUT2D eigenvalue weighted by Gasteiger charge is 2.37. The highest BCUT2D eigenvalue weighted by molar-refractivity contribution is 5.20. The Morgan fingerprint density at radius 2 is 1.83 bits per heavy atom. The minimum absolute atomic E-state index is 0.0977. The van der Waals surface area contributed by atoms with Crippen LogP contribution >= 0.6 is 0 Å². The summed E-state index contributed by atoms with van der Waals surface area (Å²) in [5, 5.41) is 0. The summed E-state index contributed by atoms with van der Waals surface area (Å²) in [6, 6.07) is 10.4. The Labute approximate surface area is 73.4 Å². The number of hydrogen-bond acceptors (Lipinski definition) is 1. The summed E-state index contributed by atoms with van der Waals surface area (Å²) in [4.78, 5) is 0. The van der Waals surface area contributed by atoms with Crippen molar-refractivity contribution in [1.29, 1.82) is 0 Å². The molecule has 1 heterocycles. The van der Waals surface area contributed by atoms with Gasteiger partial charge >= 0.3 is 0 Å². The maximum Gasteiger partial charge on any atom is 0.0859 e. The molecule has 0 N–H and O–H groups in total. The summed E-state index contributed by atoms with van der Waals surface area (Å²) < 4.78 is 5.71. The lowest BCUT2D eigenvalue weighted by Gasteiger charge is -2.43. The third kappa shape index (κ3) is 1.37. The van der Waals surface area contributed by atoms with Gasteiger partial charge in [-0.05, 0) is 19.4 Å². The second-order valence-corrected chi connectivity index (χ2v) is 3.98. The second-order valence-electron chi connectivity index (χ2n) is 3.98. The lowest BCUT2D eigenvalue weighted by Crippen LogP contribution is -2.39. The molecule has 1 unspecified atom stereocenters. The van der Waals surface area contributed by atoms with Gasteiger partial charge in [0.25, 0.3) is 0 Å². The Bertz CT molecular complexity index is 256. The van der Waals surface area contributed by atoms with Crippen molar-refractivity contribution in [2.24, 2.45) is 0 Å². The Balaban J connectivity index is 2.06. The molecular weight excluding hydrogens is 148 g/mol. The largest absolute Gasteiger partial charge is 0.367 e. The lowest BCUT2D eigenvalue weighted by molar-refractivity contribution is -0.187. The van der Waals surface area contributed by atoms with Gasteiger partial charge in [-0.3, -0.25) is 0 Å². The number of benzene rings is 1. The van der Waals surface area contributed by atoms with Crippen LogP contribution in [0.3, 0.4) is 0 Å². The maximum absolute atomic E-state index is 5.71. The molecule has 0 radical (unpaired) electrons. The third-order valence-corrected chi connectivity index (χ3v) is 2.31. The summed E-state index contributed by atoms with van der Waals surface area (Å²) in [7, 11) is 0. The predicted molar refractivity (Wildman–Crippen MR) is 49.0 cm³/mol. The van der Waals surface area contributed by atoms with Crippen molar-refractivity contribution < 1.29 is 4.74 Å². The van der Waals surface area contributed by atoms with Crippen molar-refractivity contribution >= 4 is 0 Å². The molecule has 1 aliphatic heterocycles. The first-order chi connectivity index (χ1) is 5.67. The predicted octanol–water partition coefficient (Wildman–Crippen LogP) is 2.93. The van der Waals surface area contributed by atoms with Crippen molar-refractivity contribution in [3.8, 4) is 0 Å². The van der Waals surface area contributed by atoms with E-state index < -0.39 is 0 Å². The van der Waals surface area contributed by atoms with E-state index in [0.717, 1.165) is 6.42 Å². The molecule has 64 valence electrons. The normalized spacial score (nSPS) is 26.3. The summed E-state index contributed by atoms with van der Waals surface area (Å²) in [5.41, 5.74) is 1.40. The first kappa shape index (κ1) is 7.81. The molecule has 2 rings (SSSR count). The molecule has 0 aromatic heterocycles. The number of rotatable bonds is 1. The Morgan fingerprint density at radius 1 is 1.25 bits per heavy atom. The van der Waals surface area contributed by atoms with E-state index in [0.29, 0.717) is 6.10 Å². The van der Waals surface area contributed by atoms with Crippen molar-refractivity contribution in [2.45, 2.75) is 32.0 Å². The van der Waals surface area contributed by atoms with E-state index in [1.165, 1.54) is 5.56 Å². The minimum atomic E-state index is 0.0977. The van der Waals surface area contributed by atoms with Crippen LogP contribution < -0.4 is 0 Å². The van der Waals surface area contributed by atoms with Crippen molar-refractivity contribution in [3.63, 3.8) is 0 Å². The average molecular weight is 162 g/mol. The first-order valence-corrected chi connectivity index (χ1v) is 4.40. The van der Waals surface area contributed by atoms with E-state index in [2.05, 4.69) is 38.1 Å². The summed E-state index contributed by atoms with van der Waals surface area (Å²) in [6.45, 7) is 4.26. The summed E-state index contributed by atoms with van der Waals surface area (Å²) >= 11 is 0. The topological polar surface area (TPSA) is 9.23 Å². The van der Waals surface area contributed by atoms with E-state index in [4.69, 9.17) is 4.74 Å². The molecule has 0 bridgehead atoms. The van der Waals surface area contributed by atoms with Gasteiger partial charge in [0.05, 0.1) is 11.7 Å². The van der Waals surface area contributed by atoms with Gasteiger partial charge in [-0.2, -0.15) is 0 Å². The van der Waals surface area contributed by atoms with Crippen molar-refractivity contribution in [3.05, 3.63) is 35.9 Å². The monoisotopic (exact) mass is 162 g/mol. The van der Waals surface area contributed by atoms with E-state index in [1.807, 2.05) is 6.07 Å². The van der Waals surface area contributed by atoms with Gasteiger partial charge in [0.2, 0.25) is 0 Å². The molecular formula is C11H14O. The van der Waals surface area contributed by atoms with Crippen LogP contribution in [0.5, 0.6) is 0 Å². The quantitative estimate of drug-likeness (QED) is 0.617. The highest BCUT2D eigenvalue weighted by Crippen LogP contribution is 2.42. The smallest absolute Gasteiger partial charge is 0.0859 e. The molecule has 1 aromatic rings. The van der Waals surface area contributed by atoms with Gasteiger partial charge < -0.3 is 4.74 Å². The van der Waals surface area contributed by atoms with Crippen LogP contribution in [0.1, 0.15) is 31.9 Å². The molecule has 0 aliphatic carbocycles. The molecule has 0 spiro atoms. The number of ether oxygens (including phenoxy) is 1. The molecule has 1 aromatic carbocycles. The van der Waals surface area contributed by atoms with E-state index in [1.54, 1.807) is 0 Å². The molecule has 1 heteroatoms. The van der Waals surface area contributed by atoms with Gasteiger partial charge in [-0.25, -0.2) is 0 Å². The lowest BCUT2D eigenvalue weighted by atomic mass is 9.89. The highest BCUT2D eigenvalue weighted by atomic mass is 16.5. The first-order valence-electron chi connectivity index (χ1n) is 4.40. The third-order valence-electron chi connectivity index (χ3n) is 2.31. The van der Waals surface area contributed by atoms with E-state index in [9.17, 15) is 0 Å². The van der Waals surface area contributed by atoms with E-state index >= 15 is 0 Å². The SMILES string of the molecule is CC1(C)CC(c2ccccc2)O1. The van der Waals surface area contributed by atoms with Crippen LogP contribution in [-0.4, -0.2) is 5.60 Å². The molecule has 1 nitrogen and oxygen atoms in total. The van der Waals surface area contributed by atoms with Crippen LogP contribution in [0.2, 0.25) is 0 Å². The molecule has 12 heavy (non-hydrogen) atoms. The van der Waals surface area contributed by atoms with E-state index in [-0.39, 0.29) is 5.60 Å². The van der Waals surface area contributed by atoms with Gasteiger partial charge in [0.15, 0.2) is 0 Å². The van der Waals surface area contributed by atoms with Gasteiger partial charge in [-0.15, -0.1) is 0 Å². The minimum Gasteiger partial charge on any atom is -0.367 e. The van der Waals surface area contributed by atoms with Gasteiger partial charge in [0.1, 0.15) is 0 Å². The zero-order valence-corrected chi connectivity index (χ0v) is 7.58. The fourth-order valence-corrected chi connectivity index (χ4v) is 1.68. The van der Waals surface area contributed by atoms with Crippen LogP contribution in [0, 0.1) is 0 Å². The van der Waals surface area contributed by atoms with Gasteiger partial charge in [-0.1, -0.05) is 30.3 Å².